The molecule has 10 heavy (non-hydrogen) atoms. The van der Waals surface area contributed by atoms with Crippen molar-refractivity contribution < 1.29 is 23.4 Å². The highest BCUT2D eigenvalue weighted by Gasteiger charge is 2.23. The molecule has 7 heteroatoms. The van der Waals surface area contributed by atoms with Crippen molar-refractivity contribution >= 4 is 13.8 Å². The SMILES string of the molecule is CNOP(=O)(O)OC(C)=O. The van der Waals surface area contributed by atoms with E-state index in [4.69, 9.17) is 4.89 Å². The van der Waals surface area contributed by atoms with Crippen LogP contribution in [-0.2, 0) is 18.5 Å². The second-order valence-corrected chi connectivity index (χ2v) is 2.65. The molecule has 0 aromatic rings. The van der Waals surface area contributed by atoms with Crippen LogP contribution in [0.3, 0.4) is 0 Å². The molecule has 2 N–H and O–H groups in total. The van der Waals surface area contributed by atoms with Crippen molar-refractivity contribution in [1.82, 2.24) is 5.48 Å². The number of carbonyl (C=O) groups excluding carboxylic acids is 1. The predicted molar refractivity (Wildman–Crippen MR) is 31.7 cm³/mol. The van der Waals surface area contributed by atoms with Gasteiger partial charge in [-0.25, -0.2) is 4.57 Å². The molecule has 0 aliphatic carbocycles. The summed E-state index contributed by atoms with van der Waals surface area (Å²) in [6.45, 7) is 1.00. The average Bonchev–Trinajstić information content (AvgIpc) is 1.59. The summed E-state index contributed by atoms with van der Waals surface area (Å²) >= 11 is 0. The zero-order chi connectivity index (χ0) is 8.20. The van der Waals surface area contributed by atoms with E-state index in [1.54, 1.807) is 0 Å². The Kier molecular flexibility index (Phi) is 3.52. The normalized spacial score (nSPS) is 15.9. The van der Waals surface area contributed by atoms with Crippen LogP contribution in [0, 0.1) is 0 Å². The lowest BCUT2D eigenvalue weighted by molar-refractivity contribution is -0.133. The molecule has 1 unspecified atom stereocenters. The summed E-state index contributed by atoms with van der Waals surface area (Å²) < 4.78 is 18.3. The number of hydrogen-bond acceptors (Lipinski definition) is 5. The van der Waals surface area contributed by atoms with Gasteiger partial charge in [-0.15, -0.1) is 0 Å². The lowest BCUT2D eigenvalue weighted by atomic mass is 10.9. The second-order valence-electron chi connectivity index (χ2n) is 1.35. The Hall–Kier alpha value is -0.420. The number of phosphoric acid groups is 1. The van der Waals surface area contributed by atoms with E-state index in [0.717, 1.165) is 6.92 Å². The minimum atomic E-state index is -4.21. The molecule has 0 bridgehead atoms. The van der Waals surface area contributed by atoms with Crippen molar-refractivity contribution in [2.75, 3.05) is 7.05 Å². The molecule has 0 aromatic heterocycles. The first kappa shape index (κ1) is 9.58. The maximum atomic E-state index is 10.5. The minimum absolute atomic E-state index is 0.874. The third-order valence-electron chi connectivity index (χ3n) is 0.451. The molecule has 0 aliphatic heterocycles. The molecule has 0 fully saturated rings. The maximum Gasteiger partial charge on any atom is 0.546 e. The molecule has 0 aliphatic rings. The maximum absolute atomic E-state index is 10.5. The van der Waals surface area contributed by atoms with E-state index in [2.05, 4.69) is 9.15 Å². The van der Waals surface area contributed by atoms with Gasteiger partial charge in [0.2, 0.25) is 0 Å². The fourth-order valence-corrected chi connectivity index (χ4v) is 0.889. The molecule has 0 saturated heterocycles. The van der Waals surface area contributed by atoms with E-state index in [9.17, 15) is 9.36 Å². The van der Waals surface area contributed by atoms with E-state index in [0.29, 0.717) is 0 Å². The van der Waals surface area contributed by atoms with Crippen LogP contribution in [-0.4, -0.2) is 17.9 Å². The molecule has 0 saturated carbocycles. The van der Waals surface area contributed by atoms with Gasteiger partial charge in [-0.05, 0) is 0 Å². The molecular formula is C3H8NO5P. The molecule has 0 heterocycles. The highest BCUT2D eigenvalue weighted by atomic mass is 31.2. The van der Waals surface area contributed by atoms with Gasteiger partial charge in [-0.1, -0.05) is 0 Å². The van der Waals surface area contributed by atoms with Crippen LogP contribution in [0.5, 0.6) is 0 Å². The van der Waals surface area contributed by atoms with Crippen molar-refractivity contribution in [1.29, 1.82) is 0 Å². The standard InChI is InChI=1S/C3H8NO5P/c1-3(5)8-10(6,7)9-4-2/h4H,1-2H3,(H,6,7). The number of carbonyl (C=O) groups is 1. The van der Waals surface area contributed by atoms with Crippen LogP contribution in [0.4, 0.5) is 0 Å². The van der Waals surface area contributed by atoms with Crippen molar-refractivity contribution in [3.05, 3.63) is 0 Å². The Bertz CT molecular complexity index is 168. The number of hydroxylamine groups is 1. The average molecular weight is 169 g/mol. The summed E-state index contributed by atoms with van der Waals surface area (Å²) in [7, 11) is -2.94. The van der Waals surface area contributed by atoms with Gasteiger partial charge in [0.1, 0.15) is 0 Å². The van der Waals surface area contributed by atoms with Gasteiger partial charge in [0.25, 0.3) is 0 Å². The number of rotatable bonds is 3. The third kappa shape index (κ3) is 4.46. The Morgan fingerprint density at radius 2 is 2.20 bits per heavy atom. The van der Waals surface area contributed by atoms with Crippen LogP contribution >= 0.6 is 7.82 Å². The molecule has 0 spiro atoms. The second kappa shape index (κ2) is 3.68. The van der Waals surface area contributed by atoms with Gasteiger partial charge in [-0.2, -0.15) is 10.1 Å². The summed E-state index contributed by atoms with van der Waals surface area (Å²) in [5.74, 6) is -0.874. The molecule has 60 valence electrons. The molecule has 6 nitrogen and oxygen atoms in total. The van der Waals surface area contributed by atoms with Gasteiger partial charge in [-0.3, -0.25) is 9.69 Å². The first-order chi connectivity index (χ1) is 4.48. The summed E-state index contributed by atoms with van der Waals surface area (Å²) in [6, 6.07) is 0. The first-order valence-electron chi connectivity index (χ1n) is 2.36. The zero-order valence-corrected chi connectivity index (χ0v) is 6.42. The van der Waals surface area contributed by atoms with Crippen LogP contribution in [0.15, 0.2) is 0 Å². The van der Waals surface area contributed by atoms with E-state index in [1.807, 2.05) is 5.48 Å². The summed E-state index contributed by atoms with van der Waals surface area (Å²) in [5, 5.41) is 0. The van der Waals surface area contributed by atoms with Gasteiger partial charge in [0.05, 0.1) is 0 Å². The fourth-order valence-electron chi connectivity index (χ4n) is 0.296. The lowest BCUT2D eigenvalue weighted by Gasteiger charge is -2.07. The highest BCUT2D eigenvalue weighted by molar-refractivity contribution is 7.47. The minimum Gasteiger partial charge on any atom is -0.370 e. The van der Waals surface area contributed by atoms with Crippen LogP contribution in [0.2, 0.25) is 0 Å². The Morgan fingerprint density at radius 3 is 2.50 bits per heavy atom. The molecule has 0 radical (unpaired) electrons. The summed E-state index contributed by atoms with van der Waals surface area (Å²) in [4.78, 5) is 18.6. The molecule has 0 amide bonds. The highest BCUT2D eigenvalue weighted by Crippen LogP contribution is 2.41. The van der Waals surface area contributed by atoms with E-state index in [1.165, 1.54) is 7.05 Å². The van der Waals surface area contributed by atoms with Gasteiger partial charge in [0.15, 0.2) is 0 Å². The third-order valence-corrected chi connectivity index (χ3v) is 1.35. The van der Waals surface area contributed by atoms with Crippen LogP contribution in [0.1, 0.15) is 6.92 Å². The zero-order valence-electron chi connectivity index (χ0n) is 5.53. The number of phosphoric ester groups is 1. The van der Waals surface area contributed by atoms with Gasteiger partial charge >= 0.3 is 13.8 Å². The van der Waals surface area contributed by atoms with Crippen molar-refractivity contribution in [3.8, 4) is 0 Å². The van der Waals surface area contributed by atoms with Gasteiger partial charge in [0, 0.05) is 14.0 Å². The molecule has 0 aromatic carbocycles. The van der Waals surface area contributed by atoms with Crippen LogP contribution < -0.4 is 5.48 Å². The summed E-state index contributed by atoms with van der Waals surface area (Å²) in [6.07, 6.45) is 0. The smallest absolute Gasteiger partial charge is 0.370 e. The van der Waals surface area contributed by atoms with Crippen molar-refractivity contribution in [2.24, 2.45) is 0 Å². The van der Waals surface area contributed by atoms with Crippen molar-refractivity contribution in [2.45, 2.75) is 6.92 Å². The lowest BCUT2D eigenvalue weighted by Crippen LogP contribution is -2.08. The number of hydrogen-bond donors (Lipinski definition) is 2. The monoisotopic (exact) mass is 169 g/mol. The quantitative estimate of drug-likeness (QED) is 0.449. The molecule has 1 atom stereocenters. The Balaban J connectivity index is 3.87. The summed E-state index contributed by atoms with van der Waals surface area (Å²) in [5.41, 5.74) is 1.92. The number of nitrogens with one attached hydrogen (secondary N) is 1. The fraction of sp³-hybridized carbons (Fsp3) is 0.667. The van der Waals surface area contributed by atoms with E-state index >= 15 is 0 Å². The Morgan fingerprint density at radius 1 is 1.70 bits per heavy atom. The largest absolute Gasteiger partial charge is 0.546 e. The van der Waals surface area contributed by atoms with Crippen molar-refractivity contribution in [3.63, 3.8) is 0 Å². The predicted octanol–water partition coefficient (Wildman–Crippen LogP) is -0.199. The van der Waals surface area contributed by atoms with Gasteiger partial charge < -0.3 is 4.52 Å². The topological polar surface area (TPSA) is 84.9 Å². The molecular weight excluding hydrogens is 161 g/mol. The molecule has 0 rings (SSSR count). The van der Waals surface area contributed by atoms with E-state index < -0.39 is 13.8 Å². The van der Waals surface area contributed by atoms with Crippen LogP contribution in [0.25, 0.3) is 0 Å². The first-order valence-corrected chi connectivity index (χ1v) is 3.86. The van der Waals surface area contributed by atoms with E-state index in [-0.39, 0.29) is 0 Å². The Labute approximate surface area is 57.7 Å².